The lowest BCUT2D eigenvalue weighted by atomic mass is 10.2. The molecule has 130 valence electrons. The lowest BCUT2D eigenvalue weighted by Gasteiger charge is -2.02. The first-order chi connectivity index (χ1) is 12.6. The number of non-ortho nitro benzene ring substituents is 1. The van der Waals surface area contributed by atoms with E-state index in [0.717, 1.165) is 14.6 Å². The van der Waals surface area contributed by atoms with Gasteiger partial charge in [0.2, 0.25) is 11.8 Å². The molecule has 0 N–H and O–H groups in total. The predicted molar refractivity (Wildman–Crippen MR) is 100 cm³/mol. The Morgan fingerprint density at radius 3 is 2.65 bits per heavy atom. The van der Waals surface area contributed by atoms with Crippen molar-refractivity contribution in [2.75, 3.05) is 0 Å². The lowest BCUT2D eigenvalue weighted by molar-refractivity contribution is -0.384. The fourth-order valence-corrected chi connectivity index (χ4v) is 4.59. The molecular formula is C17H12N4O3S2. The van der Waals surface area contributed by atoms with Gasteiger partial charge in [-0.1, -0.05) is 23.9 Å². The average Bonchev–Trinajstić information content (AvgIpc) is 3.28. The standard InChI is InChI=1S/C17H12N4O3S2/c1-10(25-17-18-13-4-2-3-5-14(13)26-17)15-19-20-16(24-15)11-6-8-12(9-7-11)21(22)23/h2-10H,1H3/t10-/m1/s1. The first-order valence-corrected chi connectivity index (χ1v) is 9.40. The summed E-state index contributed by atoms with van der Waals surface area (Å²) in [5.74, 6) is 0.828. The molecule has 0 saturated carbocycles. The van der Waals surface area contributed by atoms with E-state index in [0.29, 0.717) is 17.3 Å². The van der Waals surface area contributed by atoms with Crippen LogP contribution >= 0.6 is 23.1 Å². The van der Waals surface area contributed by atoms with Crippen LogP contribution in [0.3, 0.4) is 0 Å². The van der Waals surface area contributed by atoms with Gasteiger partial charge in [-0.2, -0.15) is 0 Å². The topological polar surface area (TPSA) is 95.0 Å². The zero-order chi connectivity index (χ0) is 18.1. The third kappa shape index (κ3) is 3.31. The molecular weight excluding hydrogens is 372 g/mol. The van der Waals surface area contributed by atoms with Gasteiger partial charge in [-0.05, 0) is 31.2 Å². The van der Waals surface area contributed by atoms with Gasteiger partial charge in [-0.25, -0.2) is 4.98 Å². The Bertz CT molecular complexity index is 1040. The molecule has 2 aromatic heterocycles. The van der Waals surface area contributed by atoms with Crippen LogP contribution in [0.5, 0.6) is 0 Å². The van der Waals surface area contributed by atoms with Gasteiger partial charge in [0.25, 0.3) is 5.69 Å². The Morgan fingerprint density at radius 2 is 1.92 bits per heavy atom. The van der Waals surface area contributed by atoms with E-state index in [4.69, 9.17) is 4.42 Å². The summed E-state index contributed by atoms with van der Waals surface area (Å²) in [6, 6.07) is 14.0. The van der Waals surface area contributed by atoms with Crippen LogP contribution in [0, 0.1) is 10.1 Å². The van der Waals surface area contributed by atoms with Gasteiger partial charge in [0.1, 0.15) is 0 Å². The van der Waals surface area contributed by atoms with E-state index in [1.165, 1.54) is 12.1 Å². The number of para-hydroxylation sites is 1. The maximum Gasteiger partial charge on any atom is 0.269 e. The molecule has 0 spiro atoms. The zero-order valence-electron chi connectivity index (χ0n) is 13.5. The highest BCUT2D eigenvalue weighted by atomic mass is 32.2. The van der Waals surface area contributed by atoms with Crippen molar-refractivity contribution in [1.29, 1.82) is 0 Å². The van der Waals surface area contributed by atoms with Crippen LogP contribution in [-0.4, -0.2) is 20.1 Å². The van der Waals surface area contributed by atoms with Crippen molar-refractivity contribution in [1.82, 2.24) is 15.2 Å². The maximum atomic E-state index is 10.7. The summed E-state index contributed by atoms with van der Waals surface area (Å²) in [6.07, 6.45) is 0. The molecule has 1 atom stereocenters. The summed E-state index contributed by atoms with van der Waals surface area (Å²) in [5.41, 5.74) is 1.64. The molecule has 0 amide bonds. The predicted octanol–water partition coefficient (Wildman–Crippen LogP) is 5.11. The van der Waals surface area contributed by atoms with Crippen LogP contribution in [0.4, 0.5) is 5.69 Å². The fraction of sp³-hybridized carbons (Fsp3) is 0.118. The summed E-state index contributed by atoms with van der Waals surface area (Å²) in [4.78, 5) is 14.9. The summed E-state index contributed by atoms with van der Waals surface area (Å²) in [7, 11) is 0. The molecule has 0 fully saturated rings. The van der Waals surface area contributed by atoms with Gasteiger partial charge in [0.15, 0.2) is 4.34 Å². The number of hydrogen-bond donors (Lipinski definition) is 0. The van der Waals surface area contributed by atoms with Gasteiger partial charge in [0, 0.05) is 17.7 Å². The van der Waals surface area contributed by atoms with Gasteiger partial charge >= 0.3 is 0 Å². The lowest BCUT2D eigenvalue weighted by Crippen LogP contribution is -1.88. The van der Waals surface area contributed by atoms with Crippen molar-refractivity contribution in [3.63, 3.8) is 0 Å². The van der Waals surface area contributed by atoms with E-state index in [-0.39, 0.29) is 10.9 Å². The summed E-state index contributed by atoms with van der Waals surface area (Å²) >= 11 is 3.19. The number of nitro benzene ring substituents is 1. The molecule has 2 heterocycles. The Morgan fingerprint density at radius 1 is 1.15 bits per heavy atom. The minimum Gasteiger partial charge on any atom is -0.419 e. The molecule has 2 aromatic carbocycles. The number of benzene rings is 2. The Kier molecular flexibility index (Phi) is 4.39. The number of thiazole rings is 1. The molecule has 0 unspecified atom stereocenters. The summed E-state index contributed by atoms with van der Waals surface area (Å²) in [5, 5.41) is 18.8. The zero-order valence-corrected chi connectivity index (χ0v) is 15.2. The Labute approximate surface area is 156 Å². The molecule has 4 rings (SSSR count). The monoisotopic (exact) mass is 384 g/mol. The van der Waals surface area contributed by atoms with Gasteiger partial charge < -0.3 is 4.42 Å². The van der Waals surface area contributed by atoms with E-state index < -0.39 is 4.92 Å². The molecule has 0 saturated heterocycles. The van der Waals surface area contributed by atoms with Crippen LogP contribution in [0.25, 0.3) is 21.7 Å². The Hall–Kier alpha value is -2.78. The van der Waals surface area contributed by atoms with E-state index in [9.17, 15) is 10.1 Å². The average molecular weight is 384 g/mol. The highest BCUT2D eigenvalue weighted by molar-refractivity contribution is 8.01. The molecule has 0 aliphatic heterocycles. The van der Waals surface area contributed by atoms with Crippen molar-refractivity contribution in [3.05, 3.63) is 64.5 Å². The van der Waals surface area contributed by atoms with Crippen molar-refractivity contribution >= 4 is 39.0 Å². The first-order valence-electron chi connectivity index (χ1n) is 7.70. The van der Waals surface area contributed by atoms with Crippen molar-refractivity contribution < 1.29 is 9.34 Å². The van der Waals surface area contributed by atoms with E-state index in [1.807, 2.05) is 31.2 Å². The molecule has 7 nitrogen and oxygen atoms in total. The van der Waals surface area contributed by atoms with Gasteiger partial charge in [-0.3, -0.25) is 10.1 Å². The maximum absolute atomic E-state index is 10.7. The van der Waals surface area contributed by atoms with E-state index >= 15 is 0 Å². The quantitative estimate of drug-likeness (QED) is 0.268. The van der Waals surface area contributed by atoms with Crippen molar-refractivity contribution in [3.8, 4) is 11.5 Å². The highest BCUT2D eigenvalue weighted by Crippen LogP contribution is 2.38. The van der Waals surface area contributed by atoms with Crippen LogP contribution in [-0.2, 0) is 0 Å². The molecule has 26 heavy (non-hydrogen) atoms. The SMILES string of the molecule is C[C@@H](Sc1nc2ccccc2s1)c1nnc(-c2ccc([N+](=O)[O-])cc2)o1. The van der Waals surface area contributed by atoms with Crippen LogP contribution in [0.15, 0.2) is 57.3 Å². The second-order valence-corrected chi connectivity index (χ2v) is 8.08. The number of fused-ring (bicyclic) bond motifs is 1. The first kappa shape index (κ1) is 16.7. The summed E-state index contributed by atoms with van der Waals surface area (Å²) < 4.78 is 7.82. The number of nitrogens with zero attached hydrogens (tertiary/aromatic N) is 4. The van der Waals surface area contributed by atoms with Crippen LogP contribution in [0.2, 0.25) is 0 Å². The molecule has 0 aliphatic rings. The molecule has 0 aliphatic carbocycles. The van der Waals surface area contributed by atoms with E-state index in [2.05, 4.69) is 15.2 Å². The van der Waals surface area contributed by atoms with Gasteiger partial charge in [-0.15, -0.1) is 21.5 Å². The van der Waals surface area contributed by atoms with Crippen molar-refractivity contribution in [2.45, 2.75) is 16.5 Å². The van der Waals surface area contributed by atoms with Crippen molar-refractivity contribution in [2.24, 2.45) is 0 Å². The van der Waals surface area contributed by atoms with Gasteiger partial charge in [0.05, 0.1) is 20.4 Å². The number of nitro groups is 1. The fourth-order valence-electron chi connectivity index (χ4n) is 2.34. The highest BCUT2D eigenvalue weighted by Gasteiger charge is 2.18. The smallest absolute Gasteiger partial charge is 0.269 e. The van der Waals surface area contributed by atoms with Crippen LogP contribution in [0.1, 0.15) is 18.1 Å². The minimum absolute atomic E-state index is 0.0215. The normalized spacial score (nSPS) is 12.3. The molecule has 0 radical (unpaired) electrons. The minimum atomic E-state index is -0.445. The van der Waals surface area contributed by atoms with Crippen LogP contribution < -0.4 is 0 Å². The second kappa shape index (κ2) is 6.85. The Balaban J connectivity index is 1.52. The second-order valence-electron chi connectivity index (χ2n) is 5.46. The number of aromatic nitrogens is 3. The third-order valence-corrected chi connectivity index (χ3v) is 5.88. The number of thioether (sulfide) groups is 1. The molecule has 4 aromatic rings. The summed E-state index contributed by atoms with van der Waals surface area (Å²) in [6.45, 7) is 1.98. The third-order valence-electron chi connectivity index (χ3n) is 3.67. The van der Waals surface area contributed by atoms with E-state index in [1.54, 1.807) is 35.2 Å². The largest absolute Gasteiger partial charge is 0.419 e. The number of hydrogen-bond acceptors (Lipinski definition) is 8. The number of rotatable bonds is 5. The molecule has 0 bridgehead atoms. The molecule has 9 heteroatoms.